The van der Waals surface area contributed by atoms with Crippen LogP contribution in [0.25, 0.3) is 0 Å². The van der Waals surface area contributed by atoms with Crippen molar-refractivity contribution in [3.63, 3.8) is 0 Å². The molecule has 0 aromatic rings. The lowest BCUT2D eigenvalue weighted by Crippen LogP contribution is -2.29. The molecule has 0 heteroatoms. The van der Waals surface area contributed by atoms with Gasteiger partial charge in [-0.25, -0.2) is 0 Å². The Morgan fingerprint density at radius 2 is 1.24 bits per heavy atom. The molecular formula is C17H36. The SMILES string of the molecule is CC.CC.CC(C)[C@@H]1CC[C@@H]2CCCC[C@@H]2C1. The summed E-state index contributed by atoms with van der Waals surface area (Å²) in [6.45, 7) is 12.8. The Kier molecular flexibility index (Phi) is 9.97. The molecule has 17 heavy (non-hydrogen) atoms. The third kappa shape index (κ3) is 5.44. The summed E-state index contributed by atoms with van der Waals surface area (Å²) in [4.78, 5) is 0. The maximum Gasteiger partial charge on any atom is -0.0383 e. The van der Waals surface area contributed by atoms with Crippen molar-refractivity contribution < 1.29 is 0 Å². The highest BCUT2D eigenvalue weighted by atomic mass is 14.4. The van der Waals surface area contributed by atoms with Crippen molar-refractivity contribution in [2.45, 2.75) is 86.5 Å². The summed E-state index contributed by atoms with van der Waals surface area (Å²) < 4.78 is 0. The molecule has 2 rings (SSSR count). The molecule has 0 spiro atoms. The molecule has 0 N–H and O–H groups in total. The van der Waals surface area contributed by atoms with E-state index in [2.05, 4.69) is 13.8 Å². The molecule has 0 aromatic carbocycles. The summed E-state index contributed by atoms with van der Waals surface area (Å²) in [6.07, 6.45) is 10.8. The van der Waals surface area contributed by atoms with Crippen LogP contribution < -0.4 is 0 Å². The third-order valence-corrected chi connectivity index (χ3v) is 4.52. The van der Waals surface area contributed by atoms with Crippen molar-refractivity contribution in [2.75, 3.05) is 0 Å². The molecule has 0 bridgehead atoms. The first-order valence-corrected chi connectivity index (χ1v) is 8.27. The van der Waals surface area contributed by atoms with E-state index in [1.165, 1.54) is 19.3 Å². The minimum absolute atomic E-state index is 0.933. The molecule has 0 aliphatic heterocycles. The predicted molar refractivity (Wildman–Crippen MR) is 80.3 cm³/mol. The summed E-state index contributed by atoms with van der Waals surface area (Å²) in [5, 5.41) is 0. The van der Waals surface area contributed by atoms with Gasteiger partial charge >= 0.3 is 0 Å². The minimum Gasteiger partial charge on any atom is -0.0683 e. The predicted octanol–water partition coefficient (Wildman–Crippen LogP) is 6.30. The zero-order valence-corrected chi connectivity index (χ0v) is 13.3. The quantitative estimate of drug-likeness (QED) is 0.504. The van der Waals surface area contributed by atoms with Crippen LogP contribution in [0.2, 0.25) is 0 Å². The fraction of sp³-hybridized carbons (Fsp3) is 1.00. The van der Waals surface area contributed by atoms with E-state index >= 15 is 0 Å². The Bertz CT molecular complexity index is 159. The van der Waals surface area contributed by atoms with Gasteiger partial charge in [0.25, 0.3) is 0 Å². The highest BCUT2D eigenvalue weighted by molar-refractivity contribution is 4.83. The van der Waals surface area contributed by atoms with Crippen LogP contribution in [0.15, 0.2) is 0 Å². The standard InChI is InChI=1S/C13H24.2C2H6/c1-10(2)12-8-7-11-5-3-4-6-13(11)9-12;2*1-2/h10-13H,3-9H2,1-2H3;2*1-2H3/t11-,12+,13+;;/m0../s1. The molecule has 2 aliphatic carbocycles. The third-order valence-electron chi connectivity index (χ3n) is 4.52. The van der Waals surface area contributed by atoms with Crippen molar-refractivity contribution in [1.29, 1.82) is 0 Å². The van der Waals surface area contributed by atoms with Crippen molar-refractivity contribution in [3.8, 4) is 0 Å². The Labute approximate surface area is 111 Å². The van der Waals surface area contributed by atoms with Crippen molar-refractivity contribution >= 4 is 0 Å². The summed E-state index contributed by atoms with van der Waals surface area (Å²) in [6, 6.07) is 0. The van der Waals surface area contributed by atoms with Gasteiger partial charge in [-0.3, -0.25) is 0 Å². The first-order chi connectivity index (χ1) is 8.27. The van der Waals surface area contributed by atoms with Gasteiger partial charge in [0, 0.05) is 0 Å². The molecule has 0 nitrogen and oxygen atoms in total. The summed E-state index contributed by atoms with van der Waals surface area (Å²) in [7, 11) is 0. The van der Waals surface area contributed by atoms with Gasteiger partial charge in [-0.05, 0) is 42.9 Å². The van der Waals surface area contributed by atoms with E-state index in [1.54, 1.807) is 25.7 Å². The van der Waals surface area contributed by atoms with Crippen LogP contribution in [0.4, 0.5) is 0 Å². The molecule has 3 atom stereocenters. The number of rotatable bonds is 1. The zero-order chi connectivity index (χ0) is 13.3. The van der Waals surface area contributed by atoms with Gasteiger partial charge in [-0.15, -0.1) is 0 Å². The lowest BCUT2D eigenvalue weighted by atomic mass is 9.65. The normalized spacial score (nSPS) is 31.6. The highest BCUT2D eigenvalue weighted by Crippen LogP contribution is 2.44. The van der Waals surface area contributed by atoms with E-state index < -0.39 is 0 Å². The second-order valence-electron chi connectivity index (χ2n) is 5.62. The van der Waals surface area contributed by atoms with Crippen molar-refractivity contribution in [1.82, 2.24) is 0 Å². The Hall–Kier alpha value is 0. The van der Waals surface area contributed by atoms with E-state index in [1.807, 2.05) is 27.7 Å². The van der Waals surface area contributed by atoms with Gasteiger partial charge in [-0.1, -0.05) is 67.2 Å². The molecule has 0 unspecified atom stereocenters. The molecule has 2 saturated carbocycles. The average molecular weight is 240 g/mol. The average Bonchev–Trinajstić information content (AvgIpc) is 2.42. The smallest absolute Gasteiger partial charge is 0.0383 e. The Balaban J connectivity index is 0.000000581. The van der Waals surface area contributed by atoms with Gasteiger partial charge in [0.05, 0.1) is 0 Å². The molecule has 0 aromatic heterocycles. The summed E-state index contributed by atoms with van der Waals surface area (Å²) in [5.74, 6) is 4.24. The van der Waals surface area contributed by atoms with E-state index in [0.717, 1.165) is 23.7 Å². The Morgan fingerprint density at radius 1 is 0.706 bits per heavy atom. The van der Waals surface area contributed by atoms with Gasteiger partial charge in [0.15, 0.2) is 0 Å². The molecule has 2 aliphatic rings. The monoisotopic (exact) mass is 240 g/mol. The van der Waals surface area contributed by atoms with Crippen LogP contribution in [-0.4, -0.2) is 0 Å². The van der Waals surface area contributed by atoms with Crippen LogP contribution >= 0.6 is 0 Å². The minimum atomic E-state index is 0.933. The molecular weight excluding hydrogens is 204 g/mol. The van der Waals surface area contributed by atoms with Crippen LogP contribution in [0.5, 0.6) is 0 Å². The fourth-order valence-electron chi connectivity index (χ4n) is 3.52. The number of hydrogen-bond acceptors (Lipinski definition) is 0. The Morgan fingerprint density at radius 3 is 1.76 bits per heavy atom. The van der Waals surface area contributed by atoms with Crippen LogP contribution in [0.3, 0.4) is 0 Å². The molecule has 104 valence electrons. The van der Waals surface area contributed by atoms with Gasteiger partial charge in [-0.2, -0.15) is 0 Å². The van der Waals surface area contributed by atoms with Crippen LogP contribution in [0.1, 0.15) is 86.5 Å². The fourth-order valence-corrected chi connectivity index (χ4v) is 3.52. The summed E-state index contributed by atoms with van der Waals surface area (Å²) in [5.41, 5.74) is 0. The van der Waals surface area contributed by atoms with E-state index in [4.69, 9.17) is 0 Å². The molecule has 0 saturated heterocycles. The van der Waals surface area contributed by atoms with E-state index in [9.17, 15) is 0 Å². The largest absolute Gasteiger partial charge is 0.0683 e. The molecule has 0 radical (unpaired) electrons. The van der Waals surface area contributed by atoms with Gasteiger partial charge in [0.1, 0.15) is 0 Å². The second-order valence-corrected chi connectivity index (χ2v) is 5.62. The van der Waals surface area contributed by atoms with Crippen LogP contribution in [-0.2, 0) is 0 Å². The molecule has 0 heterocycles. The summed E-state index contributed by atoms with van der Waals surface area (Å²) >= 11 is 0. The first-order valence-electron chi connectivity index (χ1n) is 8.27. The molecule has 0 amide bonds. The zero-order valence-electron chi connectivity index (χ0n) is 13.3. The maximum absolute atomic E-state index is 2.41. The number of hydrogen-bond donors (Lipinski definition) is 0. The topological polar surface area (TPSA) is 0 Å². The lowest BCUT2D eigenvalue weighted by molar-refractivity contribution is 0.108. The van der Waals surface area contributed by atoms with Gasteiger partial charge in [0.2, 0.25) is 0 Å². The lowest BCUT2D eigenvalue weighted by Gasteiger charge is -2.40. The van der Waals surface area contributed by atoms with Gasteiger partial charge < -0.3 is 0 Å². The second kappa shape index (κ2) is 9.97. The number of fused-ring (bicyclic) bond motifs is 1. The van der Waals surface area contributed by atoms with Crippen molar-refractivity contribution in [2.24, 2.45) is 23.7 Å². The molecule has 2 fully saturated rings. The maximum atomic E-state index is 2.41. The van der Waals surface area contributed by atoms with Crippen molar-refractivity contribution in [3.05, 3.63) is 0 Å². The first kappa shape index (κ1) is 17.0. The van der Waals surface area contributed by atoms with E-state index in [0.29, 0.717) is 0 Å². The van der Waals surface area contributed by atoms with E-state index in [-0.39, 0.29) is 0 Å². The van der Waals surface area contributed by atoms with Crippen LogP contribution in [0, 0.1) is 23.7 Å². The highest BCUT2D eigenvalue weighted by Gasteiger charge is 2.32.